The molecule has 0 spiro atoms. The highest BCUT2D eigenvalue weighted by molar-refractivity contribution is 5.69. The summed E-state index contributed by atoms with van der Waals surface area (Å²) in [5.74, 6) is -3.87. The highest BCUT2D eigenvalue weighted by atomic mass is 19.3. The third-order valence-electron chi connectivity index (χ3n) is 4.31. The molecule has 22 heavy (non-hydrogen) atoms. The van der Waals surface area contributed by atoms with Crippen molar-refractivity contribution in [3.63, 3.8) is 0 Å². The summed E-state index contributed by atoms with van der Waals surface area (Å²) in [5, 5.41) is 9.30. The summed E-state index contributed by atoms with van der Waals surface area (Å²) in [6.07, 6.45) is 0.922. The Bertz CT molecular complexity index is 563. The predicted octanol–water partition coefficient (Wildman–Crippen LogP) is 4.10. The zero-order valence-electron chi connectivity index (χ0n) is 13.2. The van der Waals surface area contributed by atoms with Crippen LogP contribution in [0.25, 0.3) is 0 Å². The Kier molecular flexibility index (Phi) is 4.30. The molecule has 0 aromatic heterocycles. The molecule has 1 aromatic rings. The van der Waals surface area contributed by atoms with Gasteiger partial charge < -0.3 is 9.84 Å². The average molecular weight is 312 g/mol. The van der Waals surface area contributed by atoms with Crippen molar-refractivity contribution in [1.29, 1.82) is 0 Å². The molecule has 0 bridgehead atoms. The number of aliphatic carboxylic acids is 1. The van der Waals surface area contributed by atoms with Crippen LogP contribution in [0.4, 0.5) is 8.78 Å². The van der Waals surface area contributed by atoms with Gasteiger partial charge in [-0.25, -0.2) is 8.78 Å². The molecule has 1 aromatic carbocycles. The number of carboxylic acid groups (broad SMARTS) is 1. The van der Waals surface area contributed by atoms with E-state index in [0.29, 0.717) is 25.0 Å². The van der Waals surface area contributed by atoms with E-state index in [0.717, 1.165) is 6.92 Å². The van der Waals surface area contributed by atoms with Gasteiger partial charge in [0.2, 0.25) is 0 Å². The Balaban J connectivity index is 2.48. The standard InChI is InChI=1S/C17H22F2O3/c1-15(2)11-17(7-8-22-15,10-14(20)21)13-6-4-5-12(9-13)16(3,18)19/h4-6,9H,7-8,10-11H2,1-3H3,(H,20,21). The molecule has 122 valence electrons. The fourth-order valence-corrected chi connectivity index (χ4v) is 3.39. The van der Waals surface area contributed by atoms with E-state index in [1.165, 1.54) is 12.1 Å². The third kappa shape index (κ3) is 3.64. The van der Waals surface area contributed by atoms with Crippen LogP contribution in [0.1, 0.15) is 51.2 Å². The molecule has 0 radical (unpaired) electrons. The van der Waals surface area contributed by atoms with E-state index in [1.54, 1.807) is 12.1 Å². The average Bonchev–Trinajstić information content (AvgIpc) is 2.36. The van der Waals surface area contributed by atoms with Gasteiger partial charge in [0.1, 0.15) is 0 Å². The summed E-state index contributed by atoms with van der Waals surface area (Å²) in [7, 11) is 0. The summed E-state index contributed by atoms with van der Waals surface area (Å²) in [6, 6.07) is 6.15. The van der Waals surface area contributed by atoms with Gasteiger partial charge in [-0.05, 0) is 38.3 Å². The number of rotatable bonds is 4. The van der Waals surface area contributed by atoms with Crippen LogP contribution in [-0.4, -0.2) is 23.3 Å². The number of carboxylic acids is 1. The van der Waals surface area contributed by atoms with Crippen LogP contribution in [0.5, 0.6) is 0 Å². The monoisotopic (exact) mass is 312 g/mol. The molecular weight excluding hydrogens is 290 g/mol. The topological polar surface area (TPSA) is 46.5 Å². The van der Waals surface area contributed by atoms with Crippen molar-refractivity contribution in [3.05, 3.63) is 35.4 Å². The zero-order chi connectivity index (χ0) is 16.6. The molecule has 0 amide bonds. The minimum Gasteiger partial charge on any atom is -0.481 e. The number of carbonyl (C=O) groups is 1. The van der Waals surface area contributed by atoms with Gasteiger partial charge in [-0.3, -0.25) is 4.79 Å². The minimum absolute atomic E-state index is 0.0842. The second-order valence-corrected chi connectivity index (χ2v) is 6.85. The highest BCUT2D eigenvalue weighted by Crippen LogP contribution is 2.45. The van der Waals surface area contributed by atoms with Crippen LogP contribution in [0, 0.1) is 0 Å². The first-order valence-electron chi connectivity index (χ1n) is 7.39. The van der Waals surface area contributed by atoms with Crippen LogP contribution in [-0.2, 0) is 20.9 Å². The van der Waals surface area contributed by atoms with Crippen molar-refractivity contribution in [3.8, 4) is 0 Å². The lowest BCUT2D eigenvalue weighted by molar-refractivity contribution is -0.142. The molecular formula is C17H22F2O3. The summed E-state index contributed by atoms with van der Waals surface area (Å²) in [4.78, 5) is 11.3. The first-order chi connectivity index (χ1) is 10.0. The Labute approximate surface area is 129 Å². The molecule has 1 fully saturated rings. The molecule has 1 aliphatic heterocycles. The van der Waals surface area contributed by atoms with Gasteiger partial charge in [-0.15, -0.1) is 0 Å². The minimum atomic E-state index is -2.94. The van der Waals surface area contributed by atoms with Gasteiger partial charge in [0.05, 0.1) is 12.0 Å². The van der Waals surface area contributed by atoms with E-state index in [2.05, 4.69) is 0 Å². The Hall–Kier alpha value is -1.49. The van der Waals surface area contributed by atoms with Crippen LogP contribution in [0.15, 0.2) is 24.3 Å². The van der Waals surface area contributed by atoms with E-state index in [4.69, 9.17) is 4.74 Å². The summed E-state index contributed by atoms with van der Waals surface area (Å²) in [5.41, 5.74) is -0.572. The molecule has 1 atom stereocenters. The van der Waals surface area contributed by atoms with Gasteiger partial charge >= 0.3 is 5.97 Å². The quantitative estimate of drug-likeness (QED) is 0.910. The van der Waals surface area contributed by atoms with E-state index < -0.39 is 22.9 Å². The van der Waals surface area contributed by atoms with E-state index in [1.807, 2.05) is 13.8 Å². The maximum absolute atomic E-state index is 13.6. The van der Waals surface area contributed by atoms with Crippen LogP contribution in [0.2, 0.25) is 0 Å². The number of halogens is 2. The number of alkyl halides is 2. The second kappa shape index (κ2) is 5.61. The van der Waals surface area contributed by atoms with Gasteiger partial charge in [0, 0.05) is 24.5 Å². The number of benzene rings is 1. The van der Waals surface area contributed by atoms with Crippen LogP contribution < -0.4 is 0 Å². The van der Waals surface area contributed by atoms with Gasteiger partial charge in [-0.1, -0.05) is 18.2 Å². The SMILES string of the molecule is CC1(C)CC(CC(=O)O)(c2cccc(C(C)(F)F)c2)CCO1. The summed E-state index contributed by atoms with van der Waals surface area (Å²) >= 11 is 0. The summed E-state index contributed by atoms with van der Waals surface area (Å²) < 4.78 is 32.9. The van der Waals surface area contributed by atoms with Crippen molar-refractivity contribution in [2.24, 2.45) is 0 Å². The number of hydrogen-bond donors (Lipinski definition) is 1. The molecule has 2 rings (SSSR count). The lowest BCUT2D eigenvalue weighted by Crippen LogP contribution is -2.45. The van der Waals surface area contributed by atoms with Crippen molar-refractivity contribution in [1.82, 2.24) is 0 Å². The van der Waals surface area contributed by atoms with Crippen molar-refractivity contribution in [2.75, 3.05) is 6.61 Å². The smallest absolute Gasteiger partial charge is 0.304 e. The molecule has 1 N–H and O–H groups in total. The van der Waals surface area contributed by atoms with Crippen molar-refractivity contribution in [2.45, 2.75) is 57.0 Å². The lowest BCUT2D eigenvalue weighted by atomic mass is 9.67. The van der Waals surface area contributed by atoms with Gasteiger partial charge in [-0.2, -0.15) is 0 Å². The van der Waals surface area contributed by atoms with E-state index in [9.17, 15) is 18.7 Å². The molecule has 0 saturated carbocycles. The van der Waals surface area contributed by atoms with E-state index >= 15 is 0 Å². The second-order valence-electron chi connectivity index (χ2n) is 6.85. The van der Waals surface area contributed by atoms with Gasteiger partial charge in [0.15, 0.2) is 0 Å². The Morgan fingerprint density at radius 2 is 2.09 bits per heavy atom. The van der Waals surface area contributed by atoms with Crippen LogP contribution >= 0.6 is 0 Å². The molecule has 0 aliphatic carbocycles. The van der Waals surface area contributed by atoms with Crippen LogP contribution in [0.3, 0.4) is 0 Å². The van der Waals surface area contributed by atoms with Crippen molar-refractivity contribution >= 4 is 5.97 Å². The maximum atomic E-state index is 13.6. The van der Waals surface area contributed by atoms with E-state index in [-0.39, 0.29) is 12.0 Å². The van der Waals surface area contributed by atoms with Crippen molar-refractivity contribution < 1.29 is 23.4 Å². The summed E-state index contributed by atoms with van der Waals surface area (Å²) in [6.45, 7) is 5.08. The fourth-order valence-electron chi connectivity index (χ4n) is 3.39. The maximum Gasteiger partial charge on any atom is 0.304 e. The first-order valence-corrected chi connectivity index (χ1v) is 7.39. The molecule has 1 heterocycles. The normalized spacial score (nSPS) is 25.0. The zero-order valence-corrected chi connectivity index (χ0v) is 13.2. The van der Waals surface area contributed by atoms with Gasteiger partial charge in [0.25, 0.3) is 5.92 Å². The Morgan fingerprint density at radius 1 is 1.41 bits per heavy atom. The number of hydrogen-bond acceptors (Lipinski definition) is 2. The third-order valence-corrected chi connectivity index (χ3v) is 4.31. The molecule has 3 nitrogen and oxygen atoms in total. The predicted molar refractivity (Wildman–Crippen MR) is 79.2 cm³/mol. The first kappa shape index (κ1) is 16.9. The number of ether oxygens (including phenoxy) is 1. The molecule has 1 saturated heterocycles. The molecule has 5 heteroatoms. The molecule has 1 aliphatic rings. The largest absolute Gasteiger partial charge is 0.481 e. The molecule has 1 unspecified atom stereocenters. The highest BCUT2D eigenvalue weighted by Gasteiger charge is 2.44. The Morgan fingerprint density at radius 3 is 2.64 bits per heavy atom. The lowest BCUT2D eigenvalue weighted by Gasteiger charge is -2.44. The fraction of sp³-hybridized carbons (Fsp3) is 0.588.